The zero-order valence-corrected chi connectivity index (χ0v) is 18.0. The van der Waals surface area contributed by atoms with Crippen molar-refractivity contribution in [1.82, 2.24) is 10.2 Å². The Morgan fingerprint density at radius 2 is 1.77 bits per heavy atom. The lowest BCUT2D eigenvalue weighted by atomic mass is 10.2. The molecule has 1 N–H and O–H groups in total. The lowest BCUT2D eigenvalue weighted by molar-refractivity contribution is 0.125. The van der Waals surface area contributed by atoms with Gasteiger partial charge < -0.3 is 19.7 Å². The Balaban J connectivity index is 0.00000338. The molecule has 0 fully saturated rings. The topological polar surface area (TPSA) is 46.1 Å². The standard InChI is InChI=1S/C20H27N3O2.HI/c1-21-20(22-13-14-25-16-17-9-5-4-6-10-17)23(2)15-18-11-7-8-12-19(18)24-3;/h4-12H,13-16H2,1-3H3,(H,21,22);1H. The van der Waals surface area contributed by atoms with Gasteiger partial charge in [0, 0.05) is 32.7 Å². The Kier molecular flexibility index (Phi) is 10.7. The van der Waals surface area contributed by atoms with Crippen LogP contribution in [0, 0.1) is 0 Å². The summed E-state index contributed by atoms with van der Waals surface area (Å²) in [5, 5.41) is 3.32. The average Bonchev–Trinajstić information content (AvgIpc) is 2.66. The fraction of sp³-hybridized carbons (Fsp3) is 0.350. The molecule has 0 radical (unpaired) electrons. The molecule has 0 heterocycles. The maximum Gasteiger partial charge on any atom is 0.193 e. The van der Waals surface area contributed by atoms with E-state index in [0.29, 0.717) is 26.3 Å². The molecule has 0 spiro atoms. The molecule has 0 aliphatic rings. The first-order valence-electron chi connectivity index (χ1n) is 8.40. The lowest BCUT2D eigenvalue weighted by Crippen LogP contribution is -2.40. The summed E-state index contributed by atoms with van der Waals surface area (Å²) in [5.74, 6) is 1.71. The maximum absolute atomic E-state index is 5.69. The third kappa shape index (κ3) is 7.21. The second-order valence-electron chi connectivity index (χ2n) is 5.68. The van der Waals surface area contributed by atoms with Gasteiger partial charge in [-0.2, -0.15) is 0 Å². The minimum Gasteiger partial charge on any atom is -0.496 e. The van der Waals surface area contributed by atoms with Gasteiger partial charge in [-0.15, -0.1) is 24.0 Å². The number of ether oxygens (including phenoxy) is 2. The quantitative estimate of drug-likeness (QED) is 0.278. The van der Waals surface area contributed by atoms with Crippen molar-refractivity contribution in [3.8, 4) is 5.75 Å². The molecule has 142 valence electrons. The van der Waals surface area contributed by atoms with Gasteiger partial charge in [-0.05, 0) is 11.6 Å². The summed E-state index contributed by atoms with van der Waals surface area (Å²) in [4.78, 5) is 6.40. The highest BCUT2D eigenvalue weighted by Gasteiger charge is 2.09. The minimum absolute atomic E-state index is 0. The normalized spacial score (nSPS) is 10.8. The second-order valence-corrected chi connectivity index (χ2v) is 5.68. The molecule has 0 aliphatic carbocycles. The minimum atomic E-state index is 0. The molecule has 2 aromatic rings. The Morgan fingerprint density at radius 3 is 2.46 bits per heavy atom. The molecule has 26 heavy (non-hydrogen) atoms. The van der Waals surface area contributed by atoms with E-state index < -0.39 is 0 Å². The number of nitrogens with zero attached hydrogens (tertiary/aromatic N) is 2. The number of para-hydroxylation sites is 1. The van der Waals surface area contributed by atoms with Gasteiger partial charge in [0.05, 0.1) is 20.3 Å². The first kappa shape index (κ1) is 22.2. The van der Waals surface area contributed by atoms with Gasteiger partial charge in [-0.3, -0.25) is 4.99 Å². The summed E-state index contributed by atoms with van der Waals surface area (Å²) in [6.07, 6.45) is 0. The van der Waals surface area contributed by atoms with Crippen LogP contribution in [0.25, 0.3) is 0 Å². The fourth-order valence-corrected chi connectivity index (χ4v) is 2.55. The number of hydrogen-bond donors (Lipinski definition) is 1. The molecule has 5 nitrogen and oxygen atoms in total. The van der Waals surface area contributed by atoms with Crippen LogP contribution in [0.3, 0.4) is 0 Å². The van der Waals surface area contributed by atoms with Crippen LogP contribution in [0.2, 0.25) is 0 Å². The van der Waals surface area contributed by atoms with E-state index >= 15 is 0 Å². The first-order valence-corrected chi connectivity index (χ1v) is 8.40. The smallest absolute Gasteiger partial charge is 0.193 e. The van der Waals surface area contributed by atoms with Crippen LogP contribution in [-0.4, -0.2) is 45.2 Å². The molecule has 0 saturated carbocycles. The van der Waals surface area contributed by atoms with E-state index in [0.717, 1.165) is 17.3 Å². The van der Waals surface area contributed by atoms with Crippen molar-refractivity contribution in [3.63, 3.8) is 0 Å². The summed E-state index contributed by atoms with van der Waals surface area (Å²) in [6, 6.07) is 18.2. The molecule has 0 aliphatic heterocycles. The molecular weight excluding hydrogens is 441 g/mol. The number of methoxy groups -OCH3 is 1. The third-order valence-corrected chi connectivity index (χ3v) is 3.81. The van der Waals surface area contributed by atoms with Crippen molar-refractivity contribution in [1.29, 1.82) is 0 Å². The van der Waals surface area contributed by atoms with Gasteiger partial charge >= 0.3 is 0 Å². The predicted molar refractivity (Wildman–Crippen MR) is 117 cm³/mol. The van der Waals surface area contributed by atoms with Crippen molar-refractivity contribution in [3.05, 3.63) is 65.7 Å². The zero-order chi connectivity index (χ0) is 17.9. The van der Waals surface area contributed by atoms with Gasteiger partial charge in [-0.1, -0.05) is 48.5 Å². The van der Waals surface area contributed by atoms with E-state index in [9.17, 15) is 0 Å². The van der Waals surface area contributed by atoms with Crippen LogP contribution >= 0.6 is 24.0 Å². The maximum atomic E-state index is 5.69. The van der Waals surface area contributed by atoms with E-state index in [4.69, 9.17) is 9.47 Å². The number of aliphatic imine (C=N–C) groups is 1. The summed E-state index contributed by atoms with van der Waals surface area (Å²) in [7, 11) is 5.48. The van der Waals surface area contributed by atoms with E-state index in [-0.39, 0.29) is 24.0 Å². The highest BCUT2D eigenvalue weighted by atomic mass is 127. The predicted octanol–water partition coefficient (Wildman–Crippen LogP) is 3.54. The van der Waals surface area contributed by atoms with Crippen molar-refractivity contribution in [2.75, 3.05) is 34.4 Å². The molecule has 0 aromatic heterocycles. The van der Waals surface area contributed by atoms with Crippen LogP contribution in [-0.2, 0) is 17.9 Å². The van der Waals surface area contributed by atoms with Crippen molar-refractivity contribution >= 4 is 29.9 Å². The van der Waals surface area contributed by atoms with E-state index in [1.165, 1.54) is 5.56 Å². The number of hydrogen-bond acceptors (Lipinski definition) is 3. The lowest BCUT2D eigenvalue weighted by Gasteiger charge is -2.23. The van der Waals surface area contributed by atoms with E-state index in [1.54, 1.807) is 14.2 Å². The molecule has 0 unspecified atom stereocenters. The highest BCUT2D eigenvalue weighted by Crippen LogP contribution is 2.18. The fourth-order valence-electron chi connectivity index (χ4n) is 2.55. The molecule has 6 heteroatoms. The van der Waals surface area contributed by atoms with Gasteiger partial charge in [0.15, 0.2) is 5.96 Å². The van der Waals surface area contributed by atoms with Crippen molar-refractivity contribution in [2.45, 2.75) is 13.2 Å². The van der Waals surface area contributed by atoms with Crippen LogP contribution in [0.1, 0.15) is 11.1 Å². The van der Waals surface area contributed by atoms with Gasteiger partial charge in [0.1, 0.15) is 5.75 Å². The number of rotatable bonds is 8. The first-order chi connectivity index (χ1) is 12.2. The van der Waals surface area contributed by atoms with Crippen molar-refractivity contribution < 1.29 is 9.47 Å². The van der Waals surface area contributed by atoms with Crippen LogP contribution in [0.5, 0.6) is 5.75 Å². The summed E-state index contributed by atoms with van der Waals surface area (Å²) in [5.41, 5.74) is 2.30. The Morgan fingerprint density at radius 1 is 1.08 bits per heavy atom. The van der Waals surface area contributed by atoms with Gasteiger partial charge in [0.2, 0.25) is 0 Å². The number of guanidine groups is 1. The van der Waals surface area contributed by atoms with Crippen molar-refractivity contribution in [2.24, 2.45) is 4.99 Å². The summed E-state index contributed by atoms with van der Waals surface area (Å²) < 4.78 is 11.1. The zero-order valence-electron chi connectivity index (χ0n) is 15.6. The molecule has 2 rings (SSSR count). The molecule has 0 amide bonds. The monoisotopic (exact) mass is 469 g/mol. The highest BCUT2D eigenvalue weighted by molar-refractivity contribution is 14.0. The third-order valence-electron chi connectivity index (χ3n) is 3.81. The van der Waals surface area contributed by atoms with E-state index in [1.807, 2.05) is 43.4 Å². The Bertz CT molecular complexity index is 665. The van der Waals surface area contributed by atoms with Crippen LogP contribution < -0.4 is 10.1 Å². The summed E-state index contributed by atoms with van der Waals surface area (Å²) >= 11 is 0. The molecular formula is C20H28IN3O2. The SMILES string of the molecule is CN=C(NCCOCc1ccccc1)N(C)Cc1ccccc1OC.I. The van der Waals surface area contributed by atoms with Crippen LogP contribution in [0.15, 0.2) is 59.6 Å². The van der Waals surface area contributed by atoms with E-state index in [2.05, 4.69) is 33.4 Å². The van der Waals surface area contributed by atoms with Gasteiger partial charge in [-0.25, -0.2) is 0 Å². The summed E-state index contributed by atoms with van der Waals surface area (Å²) in [6.45, 7) is 2.67. The molecule has 0 saturated heterocycles. The van der Waals surface area contributed by atoms with Gasteiger partial charge in [0.25, 0.3) is 0 Å². The Hall–Kier alpha value is -1.80. The molecule has 0 atom stereocenters. The largest absolute Gasteiger partial charge is 0.496 e. The molecule has 0 bridgehead atoms. The molecule has 2 aromatic carbocycles. The number of benzene rings is 2. The average molecular weight is 469 g/mol. The van der Waals surface area contributed by atoms with Crippen LogP contribution in [0.4, 0.5) is 0 Å². The second kappa shape index (κ2) is 12.5. The number of halogens is 1. The number of nitrogens with one attached hydrogen (secondary N) is 1. The Labute approximate surface area is 173 Å².